The van der Waals surface area contributed by atoms with E-state index in [1.54, 1.807) is 0 Å². The van der Waals surface area contributed by atoms with Gasteiger partial charge in [-0.3, -0.25) is 4.79 Å². The van der Waals surface area contributed by atoms with E-state index in [9.17, 15) is 4.79 Å². The number of piperidine rings is 1. The standard InChI is InChI=1S/C14H26N2O/c1-16(11-12-6-2-3-7-12)14(17)10-13-8-4-5-9-15-13/h12-13,15H,2-11H2,1H3. The number of hydrogen-bond donors (Lipinski definition) is 1. The van der Waals surface area contributed by atoms with Crippen molar-refractivity contribution in [1.29, 1.82) is 0 Å². The van der Waals surface area contributed by atoms with Crippen LogP contribution in [-0.4, -0.2) is 37.0 Å². The Morgan fingerprint density at radius 3 is 2.53 bits per heavy atom. The summed E-state index contributed by atoms with van der Waals surface area (Å²) in [4.78, 5) is 14.0. The monoisotopic (exact) mass is 238 g/mol. The van der Waals surface area contributed by atoms with E-state index < -0.39 is 0 Å². The lowest BCUT2D eigenvalue weighted by Gasteiger charge is -2.26. The Morgan fingerprint density at radius 1 is 1.18 bits per heavy atom. The highest BCUT2D eigenvalue weighted by atomic mass is 16.2. The first kappa shape index (κ1) is 12.9. The molecule has 0 aromatic carbocycles. The molecule has 1 heterocycles. The Labute approximate surface area is 105 Å². The number of hydrogen-bond acceptors (Lipinski definition) is 2. The molecule has 1 saturated heterocycles. The van der Waals surface area contributed by atoms with Gasteiger partial charge >= 0.3 is 0 Å². The fourth-order valence-corrected chi connectivity index (χ4v) is 3.15. The van der Waals surface area contributed by atoms with Gasteiger partial charge in [0.25, 0.3) is 0 Å². The average molecular weight is 238 g/mol. The minimum Gasteiger partial charge on any atom is -0.345 e. The third-order valence-electron chi connectivity index (χ3n) is 4.27. The molecular weight excluding hydrogens is 212 g/mol. The lowest BCUT2D eigenvalue weighted by Crippen LogP contribution is -2.40. The van der Waals surface area contributed by atoms with Crippen LogP contribution >= 0.6 is 0 Å². The van der Waals surface area contributed by atoms with Crippen molar-refractivity contribution in [2.24, 2.45) is 5.92 Å². The van der Waals surface area contributed by atoms with Crippen molar-refractivity contribution in [3.63, 3.8) is 0 Å². The van der Waals surface area contributed by atoms with Gasteiger partial charge in [0.05, 0.1) is 0 Å². The van der Waals surface area contributed by atoms with Crippen LogP contribution in [0, 0.1) is 5.92 Å². The first-order valence-electron chi connectivity index (χ1n) is 7.23. The zero-order valence-corrected chi connectivity index (χ0v) is 11.1. The van der Waals surface area contributed by atoms with Crippen LogP contribution in [0.5, 0.6) is 0 Å². The van der Waals surface area contributed by atoms with E-state index in [2.05, 4.69) is 5.32 Å². The number of nitrogens with one attached hydrogen (secondary N) is 1. The van der Waals surface area contributed by atoms with E-state index in [1.165, 1.54) is 44.9 Å². The zero-order chi connectivity index (χ0) is 12.1. The summed E-state index contributed by atoms with van der Waals surface area (Å²) in [6.45, 7) is 2.07. The van der Waals surface area contributed by atoms with Gasteiger partial charge in [0.15, 0.2) is 0 Å². The molecule has 3 nitrogen and oxygen atoms in total. The van der Waals surface area contributed by atoms with E-state index in [-0.39, 0.29) is 0 Å². The Morgan fingerprint density at radius 2 is 1.88 bits per heavy atom. The normalized spacial score (nSPS) is 26.1. The van der Waals surface area contributed by atoms with Crippen molar-refractivity contribution in [3.05, 3.63) is 0 Å². The molecule has 2 aliphatic rings. The van der Waals surface area contributed by atoms with Gasteiger partial charge in [-0.2, -0.15) is 0 Å². The van der Waals surface area contributed by atoms with Crippen molar-refractivity contribution >= 4 is 5.91 Å². The Kier molecular flexibility index (Phi) is 4.84. The fourth-order valence-electron chi connectivity index (χ4n) is 3.15. The van der Waals surface area contributed by atoms with E-state index in [0.717, 1.165) is 19.0 Å². The summed E-state index contributed by atoms with van der Waals surface area (Å²) in [6.07, 6.45) is 9.76. The van der Waals surface area contributed by atoms with Crippen LogP contribution in [0.25, 0.3) is 0 Å². The molecule has 3 heteroatoms. The van der Waals surface area contributed by atoms with Crippen molar-refractivity contribution in [2.45, 2.75) is 57.4 Å². The summed E-state index contributed by atoms with van der Waals surface area (Å²) in [5.41, 5.74) is 0. The molecule has 2 fully saturated rings. The molecule has 1 unspecified atom stereocenters. The Hall–Kier alpha value is -0.570. The molecule has 1 amide bonds. The van der Waals surface area contributed by atoms with Crippen molar-refractivity contribution in [1.82, 2.24) is 10.2 Å². The van der Waals surface area contributed by atoms with E-state index in [1.807, 2.05) is 11.9 Å². The summed E-state index contributed by atoms with van der Waals surface area (Å²) in [7, 11) is 1.98. The maximum Gasteiger partial charge on any atom is 0.223 e. The van der Waals surface area contributed by atoms with Crippen LogP contribution in [0.4, 0.5) is 0 Å². The third kappa shape index (κ3) is 3.98. The molecule has 17 heavy (non-hydrogen) atoms. The zero-order valence-electron chi connectivity index (χ0n) is 11.1. The van der Waals surface area contributed by atoms with Crippen LogP contribution in [-0.2, 0) is 4.79 Å². The first-order chi connectivity index (χ1) is 8.25. The van der Waals surface area contributed by atoms with Gasteiger partial charge in [0.1, 0.15) is 0 Å². The molecule has 0 radical (unpaired) electrons. The highest BCUT2D eigenvalue weighted by Crippen LogP contribution is 2.25. The van der Waals surface area contributed by atoms with Crippen LogP contribution in [0.3, 0.4) is 0 Å². The van der Waals surface area contributed by atoms with E-state index in [0.29, 0.717) is 18.4 Å². The smallest absolute Gasteiger partial charge is 0.223 e. The molecule has 1 N–H and O–H groups in total. The van der Waals surface area contributed by atoms with Crippen LogP contribution in [0.15, 0.2) is 0 Å². The number of carbonyl (C=O) groups excluding carboxylic acids is 1. The third-order valence-corrected chi connectivity index (χ3v) is 4.27. The summed E-state index contributed by atoms with van der Waals surface area (Å²) < 4.78 is 0. The summed E-state index contributed by atoms with van der Waals surface area (Å²) >= 11 is 0. The maximum absolute atomic E-state index is 12.1. The maximum atomic E-state index is 12.1. The molecule has 1 aliphatic heterocycles. The van der Waals surface area contributed by atoms with Gasteiger partial charge in [0, 0.05) is 26.1 Å². The number of amides is 1. The second-order valence-electron chi connectivity index (χ2n) is 5.78. The predicted molar refractivity (Wildman–Crippen MR) is 69.9 cm³/mol. The molecule has 1 atom stereocenters. The SMILES string of the molecule is CN(CC1CCCC1)C(=O)CC1CCCCN1. The number of carbonyl (C=O) groups is 1. The van der Waals surface area contributed by atoms with Gasteiger partial charge in [-0.05, 0) is 38.1 Å². The van der Waals surface area contributed by atoms with Crippen LogP contribution in [0.1, 0.15) is 51.4 Å². The van der Waals surface area contributed by atoms with Crippen LogP contribution in [0.2, 0.25) is 0 Å². The Balaban J connectivity index is 1.70. The van der Waals surface area contributed by atoms with E-state index >= 15 is 0 Å². The molecule has 2 rings (SSSR count). The minimum atomic E-state index is 0.330. The van der Waals surface area contributed by atoms with Crippen molar-refractivity contribution < 1.29 is 4.79 Å². The van der Waals surface area contributed by atoms with Gasteiger partial charge in [-0.1, -0.05) is 19.3 Å². The van der Waals surface area contributed by atoms with Crippen molar-refractivity contribution in [3.8, 4) is 0 Å². The van der Waals surface area contributed by atoms with Gasteiger partial charge < -0.3 is 10.2 Å². The van der Waals surface area contributed by atoms with Gasteiger partial charge in [0.2, 0.25) is 5.91 Å². The minimum absolute atomic E-state index is 0.330. The fraction of sp³-hybridized carbons (Fsp3) is 0.929. The molecule has 0 aromatic rings. The number of nitrogens with zero attached hydrogens (tertiary/aromatic N) is 1. The lowest BCUT2D eigenvalue weighted by molar-refractivity contribution is -0.131. The molecule has 98 valence electrons. The second kappa shape index (κ2) is 6.39. The largest absolute Gasteiger partial charge is 0.345 e. The summed E-state index contributed by atoms with van der Waals surface area (Å²) in [5, 5.41) is 3.45. The van der Waals surface area contributed by atoms with E-state index in [4.69, 9.17) is 0 Å². The Bertz CT molecular complexity index is 243. The molecule has 0 bridgehead atoms. The molecule has 0 spiro atoms. The average Bonchev–Trinajstić information content (AvgIpc) is 2.83. The summed E-state index contributed by atoms with van der Waals surface area (Å²) in [6, 6.07) is 0.433. The summed E-state index contributed by atoms with van der Waals surface area (Å²) in [5.74, 6) is 1.10. The van der Waals surface area contributed by atoms with Crippen LogP contribution < -0.4 is 5.32 Å². The number of rotatable bonds is 4. The molecule has 1 saturated carbocycles. The van der Waals surface area contributed by atoms with Gasteiger partial charge in [-0.15, -0.1) is 0 Å². The molecular formula is C14H26N2O. The topological polar surface area (TPSA) is 32.3 Å². The highest BCUT2D eigenvalue weighted by molar-refractivity contribution is 5.76. The lowest BCUT2D eigenvalue weighted by atomic mass is 10.0. The molecule has 1 aliphatic carbocycles. The second-order valence-corrected chi connectivity index (χ2v) is 5.78. The molecule has 0 aromatic heterocycles. The quantitative estimate of drug-likeness (QED) is 0.814. The predicted octanol–water partition coefficient (Wildman–Crippen LogP) is 2.17. The van der Waals surface area contributed by atoms with Gasteiger partial charge in [-0.25, -0.2) is 0 Å². The highest BCUT2D eigenvalue weighted by Gasteiger charge is 2.22. The van der Waals surface area contributed by atoms with Crippen molar-refractivity contribution in [2.75, 3.05) is 20.1 Å². The first-order valence-corrected chi connectivity index (χ1v) is 7.23.